The molecule has 2 aromatic heterocycles. The molecule has 2 heterocycles. The zero-order valence-electron chi connectivity index (χ0n) is 31.6. The molecule has 58 heavy (non-hydrogen) atoms. The van der Waals surface area contributed by atoms with Gasteiger partial charge in [-0.15, -0.1) is 11.3 Å². The van der Waals surface area contributed by atoms with E-state index in [2.05, 4.69) is 228 Å². The monoisotopic (exact) mass is 756 g/mol. The maximum atomic E-state index is 2.65. The molecular formula is C55H36N2S. The van der Waals surface area contributed by atoms with Crippen molar-refractivity contribution in [2.75, 3.05) is 4.90 Å². The first kappa shape index (κ1) is 33.0. The average Bonchev–Trinajstić information content (AvgIpc) is 3.94. The van der Waals surface area contributed by atoms with Gasteiger partial charge in [0, 0.05) is 42.3 Å². The van der Waals surface area contributed by atoms with Crippen LogP contribution in [0.25, 0.3) is 64.2 Å². The van der Waals surface area contributed by atoms with Gasteiger partial charge in [-0.25, -0.2) is 0 Å². The summed E-state index contributed by atoms with van der Waals surface area (Å²) in [6.45, 7) is 0. The normalized spacial score (nSPS) is 13.0. The summed E-state index contributed by atoms with van der Waals surface area (Å²) in [6.07, 6.45) is 0. The van der Waals surface area contributed by atoms with Crippen molar-refractivity contribution in [3.8, 4) is 22.3 Å². The lowest BCUT2D eigenvalue weighted by molar-refractivity contribution is 0.564. The Morgan fingerprint density at radius 2 is 0.966 bits per heavy atom. The molecule has 0 atom stereocenters. The van der Waals surface area contributed by atoms with E-state index in [1.165, 1.54) is 86.6 Å². The molecule has 0 radical (unpaired) electrons. The van der Waals surface area contributed by atoms with Crippen LogP contribution in [0.3, 0.4) is 0 Å². The molecule has 1 aliphatic rings. The van der Waals surface area contributed by atoms with E-state index in [9.17, 15) is 0 Å². The molecule has 0 unspecified atom stereocenters. The van der Waals surface area contributed by atoms with Gasteiger partial charge in [0.2, 0.25) is 0 Å². The van der Waals surface area contributed by atoms with Crippen LogP contribution >= 0.6 is 11.3 Å². The van der Waals surface area contributed by atoms with E-state index in [0.29, 0.717) is 0 Å². The van der Waals surface area contributed by atoms with Gasteiger partial charge in [-0.05, 0) is 87.5 Å². The van der Waals surface area contributed by atoms with Crippen molar-refractivity contribution < 1.29 is 0 Å². The third kappa shape index (κ3) is 4.71. The van der Waals surface area contributed by atoms with Gasteiger partial charge in [0.15, 0.2) is 0 Å². The lowest BCUT2D eigenvalue weighted by atomic mass is 9.80. The fourth-order valence-corrected chi connectivity index (χ4v) is 11.0. The van der Waals surface area contributed by atoms with E-state index in [1.54, 1.807) is 0 Å². The number of aromatic nitrogens is 1. The molecular weight excluding hydrogens is 721 g/mol. The van der Waals surface area contributed by atoms with E-state index in [0.717, 1.165) is 11.4 Å². The Bertz CT molecular complexity index is 3290. The maximum absolute atomic E-state index is 2.65. The van der Waals surface area contributed by atoms with Gasteiger partial charge in [-0.1, -0.05) is 170 Å². The lowest BCUT2D eigenvalue weighted by Crippen LogP contribution is -2.35. The van der Waals surface area contributed by atoms with E-state index >= 15 is 0 Å². The number of benzene rings is 9. The van der Waals surface area contributed by atoms with Gasteiger partial charge >= 0.3 is 0 Å². The van der Waals surface area contributed by atoms with Gasteiger partial charge in [-0.3, -0.25) is 0 Å². The second-order valence-electron chi connectivity index (χ2n) is 15.2. The highest BCUT2D eigenvalue weighted by Crippen LogP contribution is 2.56. The first-order valence-electron chi connectivity index (χ1n) is 19.9. The van der Waals surface area contributed by atoms with Crippen molar-refractivity contribution in [1.29, 1.82) is 0 Å². The maximum Gasteiger partial charge on any atom is 0.122 e. The number of hydrogen-bond donors (Lipinski definition) is 0. The summed E-state index contributed by atoms with van der Waals surface area (Å²) >= 11 is 1.86. The Hall–Kier alpha value is -7.20. The van der Waals surface area contributed by atoms with Crippen LogP contribution < -0.4 is 4.90 Å². The quantitative estimate of drug-likeness (QED) is 0.164. The summed E-state index contributed by atoms with van der Waals surface area (Å²) in [7, 11) is 0. The number of hydrogen-bond acceptors (Lipinski definition) is 2. The minimum absolute atomic E-state index is 0.625. The highest BCUT2D eigenvalue weighted by atomic mass is 32.1. The van der Waals surface area contributed by atoms with Crippen molar-refractivity contribution in [2.24, 2.45) is 0 Å². The molecule has 9 aromatic carbocycles. The molecule has 0 spiro atoms. The van der Waals surface area contributed by atoms with Gasteiger partial charge < -0.3 is 9.47 Å². The zero-order valence-corrected chi connectivity index (χ0v) is 32.4. The third-order valence-corrected chi connectivity index (χ3v) is 13.4. The van der Waals surface area contributed by atoms with Gasteiger partial charge in [0.1, 0.15) is 5.54 Å². The van der Waals surface area contributed by atoms with Crippen LogP contribution in [0.15, 0.2) is 218 Å². The summed E-state index contributed by atoms with van der Waals surface area (Å²) in [4.78, 5) is 2.48. The molecule has 0 saturated carbocycles. The zero-order chi connectivity index (χ0) is 38.2. The number of nitrogens with zero attached hydrogens (tertiary/aromatic N) is 2. The molecule has 0 N–H and O–H groups in total. The van der Waals surface area contributed by atoms with Crippen LogP contribution in [0.2, 0.25) is 0 Å². The minimum atomic E-state index is -0.625. The predicted octanol–water partition coefficient (Wildman–Crippen LogP) is 15.1. The predicted molar refractivity (Wildman–Crippen MR) is 246 cm³/mol. The molecule has 0 bridgehead atoms. The van der Waals surface area contributed by atoms with Crippen LogP contribution in [-0.2, 0) is 5.54 Å². The summed E-state index contributed by atoms with van der Waals surface area (Å²) in [5, 5.41) is 5.03. The largest absolute Gasteiger partial charge is 0.322 e. The van der Waals surface area contributed by atoms with Crippen LogP contribution in [0.5, 0.6) is 0 Å². The molecule has 12 rings (SSSR count). The van der Waals surface area contributed by atoms with Gasteiger partial charge in [0.25, 0.3) is 0 Å². The number of thiophene rings is 1. The Kier molecular flexibility index (Phi) is 7.35. The molecule has 3 heteroatoms. The third-order valence-electron chi connectivity index (χ3n) is 12.2. The number of para-hydroxylation sites is 1. The van der Waals surface area contributed by atoms with Gasteiger partial charge in [0.05, 0.1) is 16.7 Å². The number of rotatable bonds is 6. The number of anilines is 3. The average molecular weight is 757 g/mol. The van der Waals surface area contributed by atoms with Crippen LogP contribution in [0.4, 0.5) is 17.1 Å². The van der Waals surface area contributed by atoms with Crippen molar-refractivity contribution in [2.45, 2.75) is 5.54 Å². The highest BCUT2D eigenvalue weighted by molar-refractivity contribution is 7.26. The molecule has 0 saturated heterocycles. The van der Waals surface area contributed by atoms with Crippen molar-refractivity contribution in [3.05, 3.63) is 235 Å². The van der Waals surface area contributed by atoms with Crippen LogP contribution in [-0.4, -0.2) is 4.57 Å². The Morgan fingerprint density at radius 1 is 0.397 bits per heavy atom. The summed E-state index contributed by atoms with van der Waals surface area (Å²) in [5.41, 5.74) is 13.9. The molecule has 2 nitrogen and oxygen atoms in total. The van der Waals surface area contributed by atoms with Gasteiger partial charge in [-0.2, -0.15) is 0 Å². The molecule has 1 aliphatic carbocycles. The second kappa shape index (κ2) is 12.9. The molecule has 272 valence electrons. The van der Waals surface area contributed by atoms with Crippen LogP contribution in [0, 0.1) is 0 Å². The summed E-state index contributed by atoms with van der Waals surface area (Å²) < 4.78 is 5.23. The van der Waals surface area contributed by atoms with E-state index in [4.69, 9.17) is 0 Å². The lowest BCUT2D eigenvalue weighted by Gasteiger charge is -2.36. The molecule has 11 aromatic rings. The number of fused-ring (bicyclic) bond motifs is 9. The minimum Gasteiger partial charge on any atom is -0.322 e. The van der Waals surface area contributed by atoms with E-state index in [1.807, 2.05) is 11.3 Å². The van der Waals surface area contributed by atoms with E-state index < -0.39 is 5.54 Å². The summed E-state index contributed by atoms with van der Waals surface area (Å²) in [6, 6.07) is 80.6. The standard InChI is InChI=1S/C55H36N2S/c1-3-16-37(17-4-1)38-30-32-40(33-31-38)56(50-27-15-29-53-54(50)46-23-10-14-28-52(46)58-53)41-34-35-45-44-22-9-13-26-49(44)57(51(45)36-41)55(39-18-5-2-6-19-39)47-24-11-7-20-42(47)43-21-8-12-25-48(43)55/h1-36H. The first-order valence-corrected chi connectivity index (χ1v) is 20.8. The van der Waals surface area contributed by atoms with Crippen LogP contribution in [0.1, 0.15) is 16.7 Å². The fourth-order valence-electron chi connectivity index (χ4n) is 9.83. The second-order valence-corrected chi connectivity index (χ2v) is 16.3. The summed E-state index contributed by atoms with van der Waals surface area (Å²) in [5.74, 6) is 0. The Morgan fingerprint density at radius 3 is 1.72 bits per heavy atom. The first-order chi connectivity index (χ1) is 28.8. The smallest absolute Gasteiger partial charge is 0.122 e. The SMILES string of the molecule is c1ccc(-c2ccc(N(c3ccc4c5ccccc5n(C5(c6ccccc6)c6ccccc6-c6ccccc65)c4c3)c3cccc4sc5ccccc5c34)cc2)cc1. The molecule has 0 fully saturated rings. The van der Waals surface area contributed by atoms with Crippen molar-refractivity contribution in [1.82, 2.24) is 4.57 Å². The molecule has 0 amide bonds. The molecule has 0 aliphatic heterocycles. The Labute approximate surface area is 341 Å². The van der Waals surface area contributed by atoms with Crippen molar-refractivity contribution in [3.63, 3.8) is 0 Å². The van der Waals surface area contributed by atoms with Crippen molar-refractivity contribution >= 4 is 70.4 Å². The fraction of sp³-hybridized carbons (Fsp3) is 0.0182. The Balaban J connectivity index is 1.18. The highest BCUT2D eigenvalue weighted by Gasteiger charge is 2.47. The van der Waals surface area contributed by atoms with E-state index in [-0.39, 0.29) is 0 Å². The topological polar surface area (TPSA) is 8.17 Å².